The summed E-state index contributed by atoms with van der Waals surface area (Å²) >= 11 is 3.77. The highest BCUT2D eigenvalue weighted by Crippen LogP contribution is 2.33. The van der Waals surface area contributed by atoms with Gasteiger partial charge in [-0.1, -0.05) is 51.1 Å². The van der Waals surface area contributed by atoms with E-state index in [0.29, 0.717) is 0 Å². The van der Waals surface area contributed by atoms with Gasteiger partial charge in [0.1, 0.15) is 5.01 Å². The largest absolute Gasteiger partial charge is 0.315 e. The molecule has 2 aromatic rings. The Hall–Kier alpha value is -0.840. The molecule has 0 fully saturated rings. The van der Waals surface area contributed by atoms with Gasteiger partial charge in [-0.3, -0.25) is 0 Å². The summed E-state index contributed by atoms with van der Waals surface area (Å²) in [4.78, 5) is 6.18. The Labute approximate surface area is 130 Å². The van der Waals surface area contributed by atoms with E-state index in [2.05, 4.69) is 50.4 Å². The van der Waals surface area contributed by atoms with Gasteiger partial charge in [-0.05, 0) is 7.05 Å². The molecule has 0 amide bonds. The molecule has 4 heteroatoms. The van der Waals surface area contributed by atoms with E-state index < -0.39 is 0 Å². The monoisotopic (exact) mass is 306 g/mol. The van der Waals surface area contributed by atoms with E-state index in [4.69, 9.17) is 4.98 Å². The molecule has 1 aromatic carbocycles. The highest BCUT2D eigenvalue weighted by atomic mass is 32.2. The predicted molar refractivity (Wildman–Crippen MR) is 91.4 cm³/mol. The molecule has 1 aromatic heterocycles. The van der Waals surface area contributed by atoms with E-state index in [1.165, 1.54) is 15.4 Å². The molecule has 108 valence electrons. The molecule has 0 atom stereocenters. The summed E-state index contributed by atoms with van der Waals surface area (Å²) in [5.74, 6) is 0.984. The average Bonchev–Trinajstić information content (AvgIpc) is 2.80. The van der Waals surface area contributed by atoms with Crippen LogP contribution in [0.25, 0.3) is 11.3 Å². The maximum absolute atomic E-state index is 4.86. The molecular weight excluding hydrogens is 284 g/mol. The Bertz CT molecular complexity index is 541. The molecule has 1 N–H and O–H groups in total. The zero-order chi connectivity index (χ0) is 14.6. The van der Waals surface area contributed by atoms with Gasteiger partial charge in [0.25, 0.3) is 0 Å². The molecule has 0 aliphatic heterocycles. The Morgan fingerprint density at radius 2 is 1.90 bits per heavy atom. The van der Waals surface area contributed by atoms with Crippen LogP contribution < -0.4 is 5.32 Å². The molecule has 2 rings (SSSR count). The van der Waals surface area contributed by atoms with E-state index in [9.17, 15) is 0 Å². The summed E-state index contributed by atoms with van der Waals surface area (Å²) in [5.41, 5.74) is 2.34. The summed E-state index contributed by atoms with van der Waals surface area (Å²) in [7, 11) is 1.98. The Balaban J connectivity index is 2.24. The number of hydrogen-bond acceptors (Lipinski definition) is 4. The Morgan fingerprint density at radius 3 is 2.50 bits per heavy atom. The molecule has 0 radical (unpaired) electrons. The van der Waals surface area contributed by atoms with Crippen molar-refractivity contribution in [3.05, 3.63) is 40.2 Å². The third-order valence-corrected chi connectivity index (χ3v) is 5.28. The van der Waals surface area contributed by atoms with Crippen LogP contribution in [0, 0.1) is 0 Å². The maximum Gasteiger partial charge on any atom is 0.103 e. The van der Waals surface area contributed by atoms with Gasteiger partial charge in [0.2, 0.25) is 0 Å². The molecule has 0 saturated carbocycles. The van der Waals surface area contributed by atoms with E-state index in [0.717, 1.165) is 18.0 Å². The highest BCUT2D eigenvalue weighted by Gasteiger charge is 2.16. The first kappa shape index (κ1) is 15.5. The third-order valence-electron chi connectivity index (χ3n) is 2.75. The Morgan fingerprint density at radius 1 is 1.20 bits per heavy atom. The van der Waals surface area contributed by atoms with Crippen LogP contribution in [0.2, 0.25) is 0 Å². The highest BCUT2D eigenvalue weighted by molar-refractivity contribution is 7.99. The van der Waals surface area contributed by atoms with Crippen LogP contribution in [0.1, 0.15) is 30.7 Å². The van der Waals surface area contributed by atoms with Crippen molar-refractivity contribution in [1.29, 1.82) is 0 Å². The number of hydrogen-bond donors (Lipinski definition) is 1. The molecular formula is C16H22N2S2. The molecule has 0 unspecified atom stereocenters. The normalized spacial score (nSPS) is 11.8. The molecule has 0 aliphatic rings. The van der Waals surface area contributed by atoms with Gasteiger partial charge in [-0.25, -0.2) is 4.98 Å². The van der Waals surface area contributed by atoms with Gasteiger partial charge in [0, 0.05) is 27.5 Å². The molecule has 2 nitrogen and oxygen atoms in total. The zero-order valence-electron chi connectivity index (χ0n) is 12.6. The third kappa shape index (κ3) is 4.33. The van der Waals surface area contributed by atoms with Crippen LogP contribution >= 0.6 is 23.1 Å². The standard InChI is InChI=1S/C16H22N2S2/c1-16(2,3)19-11-14-18-15(13(20-14)10-17-4)12-8-6-5-7-9-12/h5-9,17H,10-11H2,1-4H3. The number of thiazole rings is 1. The van der Waals surface area contributed by atoms with Crippen LogP contribution in [0.4, 0.5) is 0 Å². The zero-order valence-corrected chi connectivity index (χ0v) is 14.2. The van der Waals surface area contributed by atoms with Gasteiger partial charge in [-0.15, -0.1) is 23.1 Å². The van der Waals surface area contributed by atoms with Crippen LogP contribution in [0.3, 0.4) is 0 Å². The molecule has 0 aliphatic carbocycles. The van der Waals surface area contributed by atoms with E-state index >= 15 is 0 Å². The first-order valence-electron chi connectivity index (χ1n) is 6.82. The smallest absolute Gasteiger partial charge is 0.103 e. The maximum atomic E-state index is 4.86. The molecule has 0 bridgehead atoms. The number of thioether (sulfide) groups is 1. The lowest BCUT2D eigenvalue weighted by atomic mass is 10.1. The fraction of sp³-hybridized carbons (Fsp3) is 0.438. The molecule has 0 saturated heterocycles. The molecule has 1 heterocycles. The minimum atomic E-state index is 0.280. The fourth-order valence-corrected chi connectivity index (χ4v) is 3.77. The lowest BCUT2D eigenvalue weighted by Gasteiger charge is -2.16. The number of rotatable bonds is 5. The van der Waals surface area contributed by atoms with Crippen molar-refractivity contribution in [3.8, 4) is 11.3 Å². The van der Waals surface area contributed by atoms with Crippen LogP contribution in [-0.2, 0) is 12.3 Å². The predicted octanol–water partition coefficient (Wildman–Crippen LogP) is 4.56. The first-order valence-corrected chi connectivity index (χ1v) is 8.62. The number of nitrogens with one attached hydrogen (secondary N) is 1. The van der Waals surface area contributed by atoms with Crippen molar-refractivity contribution in [3.63, 3.8) is 0 Å². The van der Waals surface area contributed by atoms with Crippen LogP contribution in [0.5, 0.6) is 0 Å². The lowest BCUT2D eigenvalue weighted by Crippen LogP contribution is -2.07. The van der Waals surface area contributed by atoms with Gasteiger partial charge in [0.15, 0.2) is 0 Å². The topological polar surface area (TPSA) is 24.9 Å². The summed E-state index contributed by atoms with van der Waals surface area (Å²) in [6.07, 6.45) is 0. The minimum Gasteiger partial charge on any atom is -0.315 e. The number of nitrogens with zero attached hydrogens (tertiary/aromatic N) is 1. The molecule has 20 heavy (non-hydrogen) atoms. The first-order chi connectivity index (χ1) is 9.49. The molecule has 0 spiro atoms. The number of aromatic nitrogens is 1. The van der Waals surface area contributed by atoms with Crippen LogP contribution in [0.15, 0.2) is 30.3 Å². The number of benzene rings is 1. The lowest BCUT2D eigenvalue weighted by molar-refractivity contribution is 0.802. The van der Waals surface area contributed by atoms with Crippen molar-refractivity contribution < 1.29 is 0 Å². The van der Waals surface area contributed by atoms with E-state index in [1.54, 1.807) is 0 Å². The average molecular weight is 306 g/mol. The van der Waals surface area contributed by atoms with Crippen LogP contribution in [-0.4, -0.2) is 16.8 Å². The fourth-order valence-electron chi connectivity index (χ4n) is 1.84. The second-order valence-corrected chi connectivity index (χ2v) is 8.65. The van der Waals surface area contributed by atoms with Crippen molar-refractivity contribution in [1.82, 2.24) is 10.3 Å². The SMILES string of the molecule is CNCc1sc(CSC(C)(C)C)nc1-c1ccccc1. The van der Waals surface area contributed by atoms with Crippen molar-refractivity contribution in [2.75, 3.05) is 7.05 Å². The van der Waals surface area contributed by atoms with Gasteiger partial charge in [-0.2, -0.15) is 0 Å². The van der Waals surface area contributed by atoms with Crippen molar-refractivity contribution in [2.45, 2.75) is 37.8 Å². The quantitative estimate of drug-likeness (QED) is 0.876. The summed E-state index contributed by atoms with van der Waals surface area (Å²) in [6.45, 7) is 7.62. The summed E-state index contributed by atoms with van der Waals surface area (Å²) < 4.78 is 0.280. The summed E-state index contributed by atoms with van der Waals surface area (Å²) in [5, 5.41) is 4.46. The summed E-state index contributed by atoms with van der Waals surface area (Å²) in [6, 6.07) is 10.5. The Kier molecular flexibility index (Phi) is 5.24. The van der Waals surface area contributed by atoms with Crippen molar-refractivity contribution in [2.24, 2.45) is 0 Å². The van der Waals surface area contributed by atoms with Gasteiger partial charge in [0.05, 0.1) is 5.69 Å². The minimum absolute atomic E-state index is 0.280. The van der Waals surface area contributed by atoms with Gasteiger partial charge < -0.3 is 5.32 Å². The van der Waals surface area contributed by atoms with E-state index in [-0.39, 0.29) is 4.75 Å². The van der Waals surface area contributed by atoms with Gasteiger partial charge >= 0.3 is 0 Å². The second kappa shape index (κ2) is 6.74. The van der Waals surface area contributed by atoms with E-state index in [1.807, 2.05) is 36.2 Å². The second-order valence-electron chi connectivity index (χ2n) is 5.68. The van der Waals surface area contributed by atoms with Crippen molar-refractivity contribution >= 4 is 23.1 Å².